The summed E-state index contributed by atoms with van der Waals surface area (Å²) >= 11 is 19.2. The van der Waals surface area contributed by atoms with Crippen LogP contribution in [0.2, 0.25) is 54.4 Å². The number of halogens is 3. The van der Waals surface area contributed by atoms with Crippen molar-refractivity contribution in [1.29, 1.82) is 0 Å². The summed E-state index contributed by atoms with van der Waals surface area (Å²) in [4.78, 5) is 57.7. The van der Waals surface area contributed by atoms with Crippen LogP contribution in [-0.4, -0.2) is 111 Å². The van der Waals surface area contributed by atoms with Crippen molar-refractivity contribution in [2.75, 3.05) is 26.9 Å². The number of benzene rings is 3. The third-order valence-electron chi connectivity index (χ3n) is 16.9. The molecule has 2 aliphatic heterocycles. The molecule has 0 spiro atoms. The Labute approximate surface area is 509 Å². The molecule has 7 rings (SSSR count). The number of nitrogens with zero attached hydrogens (tertiary/aromatic N) is 2. The molecule has 0 radical (unpaired) electrons. The maximum absolute atomic E-state index is 16.2. The van der Waals surface area contributed by atoms with Gasteiger partial charge in [-0.1, -0.05) is 170 Å². The lowest BCUT2D eigenvalue weighted by Gasteiger charge is -2.44. The van der Waals surface area contributed by atoms with Gasteiger partial charge in [0, 0.05) is 24.5 Å². The molecule has 26 heteroatoms. The van der Waals surface area contributed by atoms with Crippen LogP contribution in [0.1, 0.15) is 91.5 Å². The molecule has 0 amide bonds. The number of methoxy groups -OCH3 is 1. The number of aromatic nitrogens is 4. The van der Waals surface area contributed by atoms with E-state index in [0.717, 1.165) is 11.1 Å². The van der Waals surface area contributed by atoms with Crippen molar-refractivity contribution in [3.8, 4) is 5.75 Å². The van der Waals surface area contributed by atoms with E-state index in [0.29, 0.717) is 11.3 Å². The molecule has 2 N–H and O–H groups in total. The first-order valence-electron chi connectivity index (χ1n) is 27.8. The third-order valence-corrected chi connectivity index (χ3v) is 32.0. The van der Waals surface area contributed by atoms with E-state index in [2.05, 4.69) is 77.7 Å². The molecule has 9 atom stereocenters. The fourth-order valence-electron chi connectivity index (χ4n) is 9.15. The molecule has 0 bridgehead atoms. The van der Waals surface area contributed by atoms with E-state index in [1.165, 1.54) is 33.7 Å². The molecule has 2 aromatic heterocycles. The molecule has 5 aromatic rings. The second-order valence-corrected chi connectivity index (χ2v) is 44.3. The molecule has 2 saturated heterocycles. The minimum atomic E-state index is -5.17. The van der Waals surface area contributed by atoms with Crippen molar-refractivity contribution in [2.45, 2.75) is 175 Å². The molecule has 4 heterocycles. The van der Waals surface area contributed by atoms with Crippen molar-refractivity contribution in [1.82, 2.24) is 19.1 Å². The summed E-state index contributed by atoms with van der Waals surface area (Å²) in [5.74, 6) is 0.604. The Morgan fingerprint density at radius 3 is 1.32 bits per heavy atom. The highest BCUT2D eigenvalue weighted by atomic mass is 35.6. The maximum atomic E-state index is 16.2. The topological polar surface area (TPSA) is 219 Å². The zero-order valence-corrected chi connectivity index (χ0v) is 56.9. The quantitative estimate of drug-likeness (QED) is 0.0285. The summed E-state index contributed by atoms with van der Waals surface area (Å²) in [7, 11) is -12.2. The molecule has 2 fully saturated rings. The van der Waals surface area contributed by atoms with Crippen LogP contribution >= 0.6 is 42.6 Å². The van der Waals surface area contributed by atoms with E-state index in [1.807, 2.05) is 119 Å². The zero-order valence-electron chi connectivity index (χ0n) is 50.7. The number of phosphoric acid groups is 1. The van der Waals surface area contributed by atoms with Gasteiger partial charge in [-0.15, -0.1) is 0 Å². The van der Waals surface area contributed by atoms with Gasteiger partial charge in [0.15, 0.2) is 37.4 Å². The number of hydrogen-bond acceptors (Lipinski definition) is 15. The van der Waals surface area contributed by atoms with Crippen molar-refractivity contribution in [2.24, 2.45) is 0 Å². The molecule has 2 aliphatic rings. The van der Waals surface area contributed by atoms with Gasteiger partial charge in [0.25, 0.3) is 11.1 Å². The summed E-state index contributed by atoms with van der Waals surface area (Å²) in [5.41, 5.74) is -2.12. The molecule has 19 nitrogen and oxygen atoms in total. The third kappa shape index (κ3) is 15.4. The van der Waals surface area contributed by atoms with E-state index >= 15 is 4.57 Å². The Hall–Kier alpha value is -3.79. The number of H-pyrrole nitrogens is 2. The summed E-state index contributed by atoms with van der Waals surface area (Å²) in [6.45, 7) is 28.9. The Kier molecular flexibility index (Phi) is 20.7. The van der Waals surface area contributed by atoms with Gasteiger partial charge in [-0.25, -0.2) is 14.2 Å². The van der Waals surface area contributed by atoms with Gasteiger partial charge in [0.2, 0.25) is 3.79 Å². The van der Waals surface area contributed by atoms with Crippen LogP contribution in [0.3, 0.4) is 0 Å². The van der Waals surface area contributed by atoms with Crippen LogP contribution in [0.5, 0.6) is 5.75 Å². The average Bonchev–Trinajstić information content (AvgIpc) is 3.32. The van der Waals surface area contributed by atoms with Crippen molar-refractivity contribution in [3.63, 3.8) is 0 Å². The van der Waals surface area contributed by atoms with Gasteiger partial charge in [0.1, 0.15) is 54.6 Å². The molecule has 0 saturated carbocycles. The number of rotatable bonds is 22. The second kappa shape index (κ2) is 25.7. The van der Waals surface area contributed by atoms with Gasteiger partial charge < -0.3 is 32.2 Å². The van der Waals surface area contributed by atoms with Crippen LogP contribution in [0.4, 0.5) is 0 Å². The predicted octanol–water partition coefficient (Wildman–Crippen LogP) is 12.0. The van der Waals surface area contributed by atoms with Gasteiger partial charge in [-0.3, -0.25) is 42.3 Å². The first-order valence-corrected chi connectivity index (χ1v) is 39.2. The molecule has 462 valence electrons. The average molecular weight is 1300 g/mol. The highest BCUT2D eigenvalue weighted by Crippen LogP contribution is 2.57. The number of alkyl halides is 3. The molecule has 1 unspecified atom stereocenters. The van der Waals surface area contributed by atoms with E-state index < -0.39 is 132 Å². The first-order chi connectivity index (χ1) is 38.8. The highest BCUT2D eigenvalue weighted by Gasteiger charge is 2.58. The second-order valence-electron chi connectivity index (χ2n) is 25.8. The molecular weight excluding hydrogens is 1210 g/mol. The van der Waals surface area contributed by atoms with Gasteiger partial charge in [0.05, 0.1) is 20.3 Å². The predicted molar refractivity (Wildman–Crippen MR) is 333 cm³/mol. The number of hydrogen-bond donors (Lipinski definition) is 2. The lowest BCUT2D eigenvalue weighted by molar-refractivity contribution is -0.0968. The van der Waals surface area contributed by atoms with E-state index in [-0.39, 0.29) is 16.7 Å². The zero-order chi connectivity index (χ0) is 62.2. The number of aromatic amines is 2. The number of ether oxygens (including phenoxy) is 4. The van der Waals surface area contributed by atoms with Crippen molar-refractivity contribution < 1.29 is 50.4 Å². The Bertz CT molecular complexity index is 3290. The largest absolute Gasteiger partial charge is 0.497 e. The minimum absolute atomic E-state index is 0.348. The van der Waals surface area contributed by atoms with Crippen molar-refractivity contribution in [3.05, 3.63) is 168 Å². The molecule has 84 heavy (non-hydrogen) atoms. The lowest BCUT2D eigenvalue weighted by Crippen LogP contribution is -2.54. The maximum Gasteiger partial charge on any atom is 0.475 e. The Morgan fingerprint density at radius 2 is 0.929 bits per heavy atom. The molecule has 3 aromatic carbocycles. The monoisotopic (exact) mass is 1290 g/mol. The van der Waals surface area contributed by atoms with Gasteiger partial charge in [-0.2, -0.15) is 0 Å². The minimum Gasteiger partial charge on any atom is -0.497 e. The van der Waals surface area contributed by atoms with E-state index in [4.69, 9.17) is 80.6 Å². The molecular formula is C58H82Cl3N4O15PSi3. The highest BCUT2D eigenvalue weighted by molar-refractivity contribution is 7.48. The Balaban J connectivity index is 1.41. The summed E-state index contributed by atoms with van der Waals surface area (Å²) in [5, 5.41) is -1.19. The first kappa shape index (κ1) is 67.7. The van der Waals surface area contributed by atoms with Crippen molar-refractivity contribution >= 4 is 67.6 Å². The standard InChI is InChI=1S/C58H82Cl3N4O15PSi3/c1-54(2,3)82(11,12)78-47-43(76-51(65-34-32-45(67)63-53(65)69)49(47)80-84(15,16)56(7,8)9)36-73-81(70,74-37-57(59,60)61)77-46-42(75-50(64-33-31-44(66)62-52(64)68)48(46)79-83(13,14)55(4,5)6)35-72-58(38-23-19-17-20-24-38,39-25-21-18-22-26-39)40-27-29-41(71-10)30-28-40/h17-34,42-43,46-51H,35-37H2,1-16H3,(H,62,66,68)(H,63,67,69)/t42-,43-,46-,47-,48-,49-,50-,51-,81?/m1/s1. The van der Waals surface area contributed by atoms with Gasteiger partial charge >= 0.3 is 19.2 Å². The number of phosphoric ester groups is 1. The summed E-state index contributed by atoms with van der Waals surface area (Å²) in [6, 6.07) is 28.9. The summed E-state index contributed by atoms with van der Waals surface area (Å²) < 4.78 is 84.5. The summed E-state index contributed by atoms with van der Waals surface area (Å²) in [6.07, 6.45) is -7.31. The van der Waals surface area contributed by atoms with E-state index in [9.17, 15) is 19.2 Å². The lowest BCUT2D eigenvalue weighted by atomic mass is 9.80. The Morgan fingerprint density at radius 1 is 0.536 bits per heavy atom. The fourth-order valence-corrected chi connectivity index (χ4v) is 14.9. The van der Waals surface area contributed by atoms with Crippen LogP contribution in [-0.2, 0) is 51.2 Å². The smallest absolute Gasteiger partial charge is 0.475 e. The SMILES string of the molecule is COc1ccc(C(OC[C@H]2O[C@@H](n3ccc(=O)[nH]c3=O)[C@H](O[Si](C)(C)C(C)(C)C)[C@@H]2OP(=O)(OC[C@H]2O[C@@H](n3ccc(=O)[nH]c3=O)[C@H](O[Si](C)(C)C(C)(C)C)[C@@H]2O[Si](C)(C)C(C)(C)C)OCC(Cl)(Cl)Cl)(c2ccccc2)c2ccccc2)cc1. The normalized spacial score (nSPS) is 22.9. The molecule has 0 aliphatic carbocycles. The van der Waals surface area contributed by atoms with Crippen LogP contribution < -0.4 is 27.2 Å². The fraction of sp³-hybridized carbons (Fsp3) is 0.552. The van der Waals surface area contributed by atoms with Crippen LogP contribution in [0.25, 0.3) is 0 Å². The van der Waals surface area contributed by atoms with E-state index in [1.54, 1.807) is 7.11 Å². The van der Waals surface area contributed by atoms with Gasteiger partial charge in [-0.05, 0) is 83.2 Å². The number of nitrogens with one attached hydrogen (secondary N) is 2. The van der Waals surface area contributed by atoms with Crippen LogP contribution in [0, 0.1) is 0 Å². The van der Waals surface area contributed by atoms with Crippen LogP contribution in [0.15, 0.2) is 129 Å².